The lowest BCUT2D eigenvalue weighted by Gasteiger charge is -2.57. The standard InChI is InChI=1S/C31H51NO2/c1-19-16-31(7,34)27(32-18-19)21(3)28(4)11-10-25-24(20(2)17-28)15-26-29(5)13-9-23(33)14-22(29)8-12-30(25,26)6/h19,21-22,25-27,32,34H,8-18H2,1-7H3. The van der Waals surface area contributed by atoms with Crippen LogP contribution in [0.1, 0.15) is 113 Å². The summed E-state index contributed by atoms with van der Waals surface area (Å²) in [5, 5.41) is 15.1. The molecule has 4 fully saturated rings. The average Bonchev–Trinajstić information content (AvgIpc) is 2.98. The molecule has 10 atom stereocenters. The number of rotatable bonds is 2. The molecular formula is C31H51NO2. The SMILES string of the molecule is CC1=C2CC3C4(C)CCC(=O)CC4CCC3(C)C2CCC(C)(C(C)C2NCC(C)CC2(C)O)C1. The Morgan fingerprint density at radius 1 is 1.03 bits per heavy atom. The molecule has 3 saturated carbocycles. The molecule has 3 heteroatoms. The maximum absolute atomic E-state index is 12.3. The molecule has 5 aliphatic rings. The van der Waals surface area contributed by atoms with Crippen molar-refractivity contribution in [1.29, 1.82) is 0 Å². The van der Waals surface area contributed by atoms with Gasteiger partial charge in [0.1, 0.15) is 5.78 Å². The topological polar surface area (TPSA) is 49.3 Å². The van der Waals surface area contributed by atoms with Crippen molar-refractivity contribution in [2.75, 3.05) is 6.54 Å². The van der Waals surface area contributed by atoms with Crippen LogP contribution in [0.15, 0.2) is 11.1 Å². The van der Waals surface area contributed by atoms with E-state index in [9.17, 15) is 9.90 Å². The van der Waals surface area contributed by atoms with Crippen LogP contribution in [0, 0.1) is 45.8 Å². The van der Waals surface area contributed by atoms with E-state index in [1.54, 1.807) is 11.1 Å². The van der Waals surface area contributed by atoms with Crippen molar-refractivity contribution in [3.05, 3.63) is 11.1 Å². The zero-order valence-electron chi connectivity index (χ0n) is 23.1. The first-order chi connectivity index (χ1) is 15.8. The first-order valence-electron chi connectivity index (χ1n) is 14.5. The van der Waals surface area contributed by atoms with Gasteiger partial charge in [-0.3, -0.25) is 4.79 Å². The number of nitrogens with one attached hydrogen (secondary N) is 1. The summed E-state index contributed by atoms with van der Waals surface area (Å²) in [6, 6.07) is 0.168. The van der Waals surface area contributed by atoms with Crippen LogP contribution in [0.2, 0.25) is 0 Å². The van der Waals surface area contributed by atoms with E-state index >= 15 is 0 Å². The predicted octanol–water partition coefficient (Wildman–Crippen LogP) is 6.69. The first kappa shape index (κ1) is 25.0. The number of hydrogen-bond acceptors (Lipinski definition) is 3. The van der Waals surface area contributed by atoms with E-state index in [4.69, 9.17) is 0 Å². The highest BCUT2D eigenvalue weighted by Gasteiger charge is 2.62. The van der Waals surface area contributed by atoms with E-state index in [0.29, 0.717) is 40.3 Å². The van der Waals surface area contributed by atoms with Crippen molar-refractivity contribution in [3.8, 4) is 0 Å². The van der Waals surface area contributed by atoms with Crippen LogP contribution in [0.4, 0.5) is 0 Å². The number of piperidine rings is 1. The third kappa shape index (κ3) is 3.69. The van der Waals surface area contributed by atoms with Gasteiger partial charge < -0.3 is 10.4 Å². The van der Waals surface area contributed by atoms with Crippen LogP contribution < -0.4 is 5.32 Å². The van der Waals surface area contributed by atoms with Gasteiger partial charge in [0, 0.05) is 18.9 Å². The Labute approximate surface area is 208 Å². The van der Waals surface area contributed by atoms with Gasteiger partial charge in [0.15, 0.2) is 0 Å². The minimum atomic E-state index is -0.633. The Morgan fingerprint density at radius 3 is 2.47 bits per heavy atom. The van der Waals surface area contributed by atoms with Crippen molar-refractivity contribution in [3.63, 3.8) is 0 Å². The van der Waals surface area contributed by atoms with Gasteiger partial charge in [-0.25, -0.2) is 0 Å². The Bertz CT molecular complexity index is 875. The highest BCUT2D eigenvalue weighted by Crippen LogP contribution is 2.70. The van der Waals surface area contributed by atoms with Gasteiger partial charge in [0.2, 0.25) is 0 Å². The molecule has 1 heterocycles. The molecular weight excluding hydrogens is 418 g/mol. The second-order valence-electron chi connectivity index (χ2n) is 14.8. The lowest BCUT2D eigenvalue weighted by Crippen LogP contribution is -2.61. The van der Waals surface area contributed by atoms with Crippen molar-refractivity contribution < 1.29 is 9.90 Å². The van der Waals surface area contributed by atoms with Crippen LogP contribution in [0.3, 0.4) is 0 Å². The molecule has 0 radical (unpaired) electrons. The number of Topliss-reactive ketones (excluding diaryl/α,β-unsaturated/α-hetero) is 1. The highest BCUT2D eigenvalue weighted by molar-refractivity contribution is 5.79. The summed E-state index contributed by atoms with van der Waals surface area (Å²) < 4.78 is 0. The number of ketones is 1. The maximum Gasteiger partial charge on any atom is 0.133 e. The molecule has 1 aliphatic heterocycles. The van der Waals surface area contributed by atoms with Gasteiger partial charge in [0.05, 0.1) is 5.60 Å². The fraction of sp³-hybridized carbons (Fsp3) is 0.903. The second kappa shape index (κ2) is 8.17. The predicted molar refractivity (Wildman–Crippen MR) is 139 cm³/mol. The quantitative estimate of drug-likeness (QED) is 0.443. The number of hydrogen-bond donors (Lipinski definition) is 2. The molecule has 192 valence electrons. The molecule has 4 aliphatic carbocycles. The zero-order chi connectivity index (χ0) is 24.7. The second-order valence-corrected chi connectivity index (χ2v) is 14.8. The van der Waals surface area contributed by atoms with Crippen molar-refractivity contribution in [1.82, 2.24) is 5.32 Å². The molecule has 0 aromatic heterocycles. The van der Waals surface area contributed by atoms with E-state index in [1.165, 1.54) is 38.5 Å². The highest BCUT2D eigenvalue weighted by atomic mass is 16.3. The van der Waals surface area contributed by atoms with Crippen molar-refractivity contribution >= 4 is 5.78 Å². The molecule has 2 N–H and O–H groups in total. The van der Waals surface area contributed by atoms with E-state index in [0.717, 1.165) is 38.1 Å². The zero-order valence-corrected chi connectivity index (χ0v) is 23.1. The smallest absolute Gasteiger partial charge is 0.133 e. The van der Waals surface area contributed by atoms with Gasteiger partial charge in [-0.15, -0.1) is 0 Å². The molecule has 5 rings (SSSR count). The summed E-state index contributed by atoms with van der Waals surface area (Å²) in [7, 11) is 0. The third-order valence-electron chi connectivity index (χ3n) is 12.6. The summed E-state index contributed by atoms with van der Waals surface area (Å²) in [6.07, 6.45) is 11.2. The Hall–Kier alpha value is -0.670. The summed E-state index contributed by atoms with van der Waals surface area (Å²) in [5.41, 5.74) is 3.77. The van der Waals surface area contributed by atoms with Gasteiger partial charge >= 0.3 is 0 Å². The molecule has 10 unspecified atom stereocenters. The number of aliphatic hydroxyl groups is 1. The first-order valence-corrected chi connectivity index (χ1v) is 14.5. The molecule has 0 bridgehead atoms. The average molecular weight is 470 g/mol. The fourth-order valence-electron chi connectivity index (χ4n) is 10.4. The number of fused-ring (bicyclic) bond motifs is 5. The normalized spacial score (nSPS) is 52.5. The van der Waals surface area contributed by atoms with Crippen LogP contribution in [-0.2, 0) is 4.79 Å². The van der Waals surface area contributed by atoms with E-state index in [1.807, 2.05) is 0 Å². The van der Waals surface area contributed by atoms with Crippen LogP contribution in [0.5, 0.6) is 0 Å². The van der Waals surface area contributed by atoms with E-state index in [-0.39, 0.29) is 11.5 Å². The number of carbonyl (C=O) groups is 1. The van der Waals surface area contributed by atoms with Crippen molar-refractivity contribution in [2.45, 2.75) is 124 Å². The lowest BCUT2D eigenvalue weighted by molar-refractivity contribution is -0.134. The van der Waals surface area contributed by atoms with Crippen molar-refractivity contribution in [2.24, 2.45) is 45.8 Å². The molecule has 0 aromatic carbocycles. The molecule has 3 nitrogen and oxygen atoms in total. The number of allylic oxidation sites excluding steroid dienone is 2. The van der Waals surface area contributed by atoms with Gasteiger partial charge in [-0.2, -0.15) is 0 Å². The summed E-state index contributed by atoms with van der Waals surface area (Å²) in [6.45, 7) is 17.9. The largest absolute Gasteiger partial charge is 0.389 e. The van der Waals surface area contributed by atoms with Gasteiger partial charge in [-0.05, 0) is 118 Å². The minimum absolute atomic E-state index is 0.168. The molecule has 0 aromatic rings. The summed E-state index contributed by atoms with van der Waals surface area (Å²) >= 11 is 0. The van der Waals surface area contributed by atoms with Gasteiger partial charge in [0.25, 0.3) is 0 Å². The van der Waals surface area contributed by atoms with E-state index in [2.05, 4.69) is 53.8 Å². The molecule has 0 spiro atoms. The minimum Gasteiger partial charge on any atom is -0.389 e. The number of carbonyl (C=O) groups excluding carboxylic acids is 1. The monoisotopic (exact) mass is 469 g/mol. The van der Waals surface area contributed by atoms with Crippen LogP contribution in [0.25, 0.3) is 0 Å². The van der Waals surface area contributed by atoms with Crippen LogP contribution in [-0.4, -0.2) is 29.1 Å². The molecule has 0 amide bonds. The summed E-state index contributed by atoms with van der Waals surface area (Å²) in [4.78, 5) is 12.3. The van der Waals surface area contributed by atoms with Crippen LogP contribution >= 0.6 is 0 Å². The lowest BCUT2D eigenvalue weighted by atomic mass is 9.47. The van der Waals surface area contributed by atoms with Gasteiger partial charge in [-0.1, -0.05) is 45.8 Å². The molecule has 1 saturated heterocycles. The summed E-state index contributed by atoms with van der Waals surface area (Å²) in [5.74, 6) is 3.55. The fourth-order valence-corrected chi connectivity index (χ4v) is 10.4. The Morgan fingerprint density at radius 2 is 1.76 bits per heavy atom. The Balaban J connectivity index is 1.42. The Kier molecular flexibility index (Phi) is 6.01. The van der Waals surface area contributed by atoms with E-state index < -0.39 is 5.60 Å². The third-order valence-corrected chi connectivity index (χ3v) is 12.6. The molecule has 34 heavy (non-hydrogen) atoms. The maximum atomic E-state index is 12.3.